The highest BCUT2D eigenvalue weighted by Crippen LogP contribution is 2.31. The van der Waals surface area contributed by atoms with Gasteiger partial charge >= 0.3 is 5.30 Å². The molecule has 0 N–H and O–H groups in total. The lowest BCUT2D eigenvalue weighted by Gasteiger charge is -2.09. The van der Waals surface area contributed by atoms with Gasteiger partial charge in [0.15, 0.2) is 23.3 Å². The van der Waals surface area contributed by atoms with Crippen molar-refractivity contribution in [2.24, 2.45) is 7.05 Å². The van der Waals surface area contributed by atoms with Gasteiger partial charge in [-0.1, -0.05) is 134 Å². The van der Waals surface area contributed by atoms with E-state index in [1.807, 2.05) is 36.4 Å². The molecule has 0 amide bonds. The number of rotatable bonds is 15. The van der Waals surface area contributed by atoms with Crippen molar-refractivity contribution in [2.75, 3.05) is 12.4 Å². The summed E-state index contributed by atoms with van der Waals surface area (Å²) >= 11 is 19.2. The minimum atomic E-state index is -0.343. The highest BCUT2D eigenvalue weighted by atomic mass is 35.5. The van der Waals surface area contributed by atoms with Gasteiger partial charge in [-0.25, -0.2) is 9.48 Å². The van der Waals surface area contributed by atoms with Crippen molar-refractivity contribution in [3.8, 4) is 22.9 Å². The van der Waals surface area contributed by atoms with Crippen LogP contribution in [-0.2, 0) is 7.05 Å². The molecule has 0 bridgehead atoms. The zero-order chi connectivity index (χ0) is 37.5. The third-order valence-electron chi connectivity index (χ3n) is 7.70. The summed E-state index contributed by atoms with van der Waals surface area (Å²) in [6.07, 6.45) is 7.20. The Kier molecular flexibility index (Phi) is 16.2. The molecule has 5 rings (SSSR count). The molecule has 0 unspecified atom stereocenters. The molecule has 2 aromatic heterocycles. The fourth-order valence-electron chi connectivity index (χ4n) is 5.10. The van der Waals surface area contributed by atoms with Crippen LogP contribution in [0.3, 0.4) is 0 Å². The number of carbonyl (C=O) groups excluding carboxylic acids is 3. The molecule has 0 aliphatic heterocycles. The molecule has 9 nitrogen and oxygen atoms in total. The van der Waals surface area contributed by atoms with E-state index in [2.05, 4.69) is 22.2 Å². The summed E-state index contributed by atoms with van der Waals surface area (Å²) in [6.45, 7) is 3.69. The minimum Gasteiger partial charge on any atom is -0.469 e. The summed E-state index contributed by atoms with van der Waals surface area (Å²) in [5.41, 5.74) is 2.91. The van der Waals surface area contributed by atoms with Gasteiger partial charge in [0.1, 0.15) is 11.3 Å². The van der Waals surface area contributed by atoms with Crippen molar-refractivity contribution in [1.82, 2.24) is 20.0 Å². The van der Waals surface area contributed by atoms with Crippen molar-refractivity contribution in [3.05, 3.63) is 123 Å². The first-order valence-electron chi connectivity index (χ1n) is 16.8. The molecule has 0 saturated heterocycles. The standard InChI is InChI=1S/C20H16Cl2N2O3.C19H23ClN2O2S/c1-12-18(19(26)15-9-8-14(21)10-16(15)22)20(24(2)23-12)27-11-17(25)13-6-4-3-5-7-13;1-2-3-4-5-6-10-13-25-19(23)24-16-14-17(20)21-22-18(16)15-11-8-7-9-12-15/h3-10H,11H2,1-2H3;7-9,11-12,14H,2-6,10,13H2,1H3. The maximum Gasteiger partial charge on any atom is 0.372 e. The van der Waals surface area contributed by atoms with E-state index >= 15 is 0 Å². The molecule has 0 radical (unpaired) electrons. The lowest BCUT2D eigenvalue weighted by molar-refractivity contribution is 0.0908. The SMILES string of the molecule is CCCCCCCCSC(=O)Oc1cc(Cl)nnc1-c1ccccc1.Cc1nn(C)c(OCC(=O)c2ccccc2)c1C(=O)c1ccc(Cl)cc1Cl. The van der Waals surface area contributed by atoms with Crippen LogP contribution in [0.5, 0.6) is 11.6 Å². The third-order valence-corrected chi connectivity index (χ3v) is 9.24. The number of thioether (sulfide) groups is 1. The quantitative estimate of drug-likeness (QED) is 0.0582. The van der Waals surface area contributed by atoms with Crippen molar-refractivity contribution in [2.45, 2.75) is 52.4 Å². The Labute approximate surface area is 323 Å². The van der Waals surface area contributed by atoms with Gasteiger partial charge in [-0.2, -0.15) is 5.10 Å². The second kappa shape index (κ2) is 20.7. The number of Topliss-reactive ketones (excluding diaryl/α,β-unsaturated/α-hetero) is 1. The first-order chi connectivity index (χ1) is 25.1. The van der Waals surface area contributed by atoms with Crippen LogP contribution in [0.25, 0.3) is 11.3 Å². The fourth-order valence-corrected chi connectivity index (χ4v) is 6.39. The molecule has 52 heavy (non-hydrogen) atoms. The number of aryl methyl sites for hydroxylation is 2. The average molecular weight is 782 g/mol. The van der Waals surface area contributed by atoms with Crippen LogP contribution in [0.15, 0.2) is 84.9 Å². The van der Waals surface area contributed by atoms with Crippen LogP contribution < -0.4 is 9.47 Å². The van der Waals surface area contributed by atoms with Crippen LogP contribution in [0, 0.1) is 6.92 Å². The number of hydrogen-bond donors (Lipinski definition) is 0. The van der Waals surface area contributed by atoms with E-state index in [0.717, 1.165) is 24.2 Å². The van der Waals surface area contributed by atoms with E-state index in [0.29, 0.717) is 27.7 Å². The number of ketones is 2. The number of benzene rings is 3. The molecule has 13 heteroatoms. The molecule has 5 aromatic rings. The van der Waals surface area contributed by atoms with Gasteiger partial charge in [-0.15, -0.1) is 10.2 Å². The number of carbonyl (C=O) groups is 3. The number of nitrogens with zero attached hydrogens (tertiary/aromatic N) is 4. The predicted molar refractivity (Wildman–Crippen MR) is 208 cm³/mol. The van der Waals surface area contributed by atoms with Gasteiger partial charge in [-0.3, -0.25) is 9.59 Å². The second-order valence-electron chi connectivity index (χ2n) is 11.6. The molecule has 0 fully saturated rings. The zero-order valence-corrected chi connectivity index (χ0v) is 32.2. The summed E-state index contributed by atoms with van der Waals surface area (Å²) in [4.78, 5) is 37.4. The average Bonchev–Trinajstić information content (AvgIpc) is 3.42. The van der Waals surface area contributed by atoms with Crippen LogP contribution >= 0.6 is 46.6 Å². The molecule has 0 spiro atoms. The monoisotopic (exact) mass is 780 g/mol. The van der Waals surface area contributed by atoms with Crippen LogP contribution in [-0.4, -0.2) is 49.2 Å². The number of hydrogen-bond acceptors (Lipinski definition) is 9. The van der Waals surface area contributed by atoms with Crippen LogP contribution in [0.4, 0.5) is 4.79 Å². The predicted octanol–water partition coefficient (Wildman–Crippen LogP) is 10.9. The number of aromatic nitrogens is 4. The topological polar surface area (TPSA) is 113 Å². The molecule has 2 heterocycles. The molecular weight excluding hydrogens is 743 g/mol. The van der Waals surface area contributed by atoms with Crippen LogP contribution in [0.2, 0.25) is 15.2 Å². The second-order valence-corrected chi connectivity index (χ2v) is 13.9. The molecule has 3 aromatic carbocycles. The largest absolute Gasteiger partial charge is 0.469 e. The lowest BCUT2D eigenvalue weighted by Crippen LogP contribution is -2.15. The number of unbranched alkanes of at least 4 members (excludes halogenated alkanes) is 5. The van der Waals surface area contributed by atoms with E-state index in [4.69, 9.17) is 44.3 Å². The Bertz CT molecular complexity index is 1960. The Morgan fingerprint density at radius 1 is 0.827 bits per heavy atom. The Morgan fingerprint density at radius 3 is 2.19 bits per heavy atom. The van der Waals surface area contributed by atoms with Gasteiger partial charge in [0, 0.05) is 40.6 Å². The van der Waals surface area contributed by atoms with Gasteiger partial charge in [0.2, 0.25) is 11.7 Å². The van der Waals surface area contributed by atoms with Crippen molar-refractivity contribution < 1.29 is 23.9 Å². The maximum absolute atomic E-state index is 13.0. The van der Waals surface area contributed by atoms with E-state index in [1.54, 1.807) is 50.4 Å². The highest BCUT2D eigenvalue weighted by molar-refractivity contribution is 8.13. The fraction of sp³-hybridized carbons (Fsp3) is 0.282. The summed E-state index contributed by atoms with van der Waals surface area (Å²) < 4.78 is 12.6. The maximum atomic E-state index is 13.0. The van der Waals surface area contributed by atoms with E-state index in [9.17, 15) is 14.4 Å². The molecule has 0 aliphatic rings. The first-order valence-corrected chi connectivity index (χ1v) is 18.9. The molecule has 0 saturated carbocycles. The minimum absolute atomic E-state index is 0.197. The van der Waals surface area contributed by atoms with E-state index < -0.39 is 0 Å². The van der Waals surface area contributed by atoms with Crippen molar-refractivity contribution >= 4 is 63.4 Å². The van der Waals surface area contributed by atoms with Gasteiger partial charge in [-0.05, 0) is 43.3 Å². The Balaban J connectivity index is 0.000000234. The Morgan fingerprint density at radius 2 is 1.50 bits per heavy atom. The van der Waals surface area contributed by atoms with Gasteiger partial charge in [0.25, 0.3) is 0 Å². The molecule has 0 aliphatic carbocycles. The van der Waals surface area contributed by atoms with E-state index in [-0.39, 0.29) is 50.7 Å². The Hall–Kier alpha value is -4.22. The molecule has 272 valence electrons. The first kappa shape index (κ1) is 40.5. The summed E-state index contributed by atoms with van der Waals surface area (Å²) in [5.74, 6) is 0.777. The summed E-state index contributed by atoms with van der Waals surface area (Å²) in [5, 5.41) is 12.7. The number of ether oxygens (including phenoxy) is 2. The third kappa shape index (κ3) is 11.9. The number of halogens is 3. The zero-order valence-electron chi connectivity index (χ0n) is 29.1. The summed E-state index contributed by atoms with van der Waals surface area (Å²) in [7, 11) is 1.65. The lowest BCUT2D eigenvalue weighted by atomic mass is 10.0. The van der Waals surface area contributed by atoms with Crippen molar-refractivity contribution in [1.29, 1.82) is 0 Å². The van der Waals surface area contributed by atoms with Crippen molar-refractivity contribution in [3.63, 3.8) is 0 Å². The summed E-state index contributed by atoms with van der Waals surface area (Å²) in [6, 6.07) is 24.4. The molecular formula is C39H39Cl3N4O5S. The smallest absolute Gasteiger partial charge is 0.372 e. The van der Waals surface area contributed by atoms with Gasteiger partial charge < -0.3 is 9.47 Å². The highest BCUT2D eigenvalue weighted by Gasteiger charge is 2.25. The molecule has 0 atom stereocenters. The van der Waals surface area contributed by atoms with Gasteiger partial charge in [0.05, 0.1) is 10.7 Å². The normalized spacial score (nSPS) is 10.7. The van der Waals surface area contributed by atoms with Crippen LogP contribution in [0.1, 0.15) is 77.4 Å². The van der Waals surface area contributed by atoms with E-state index in [1.165, 1.54) is 54.3 Å².